The second kappa shape index (κ2) is 8.65. The Morgan fingerprint density at radius 2 is 2.04 bits per heavy atom. The number of nitrogens with zero attached hydrogens (tertiary/aromatic N) is 2. The molecule has 9 nitrogen and oxygen atoms in total. The van der Waals surface area contributed by atoms with E-state index in [1.165, 1.54) is 19.2 Å². The highest BCUT2D eigenvalue weighted by atomic mass is 16.6. The van der Waals surface area contributed by atoms with Crippen LogP contribution in [0.1, 0.15) is 16.7 Å². The Balaban J connectivity index is 2.01. The molecule has 0 spiro atoms. The number of nitrogens with one attached hydrogen (secondary N) is 1. The van der Waals surface area contributed by atoms with Crippen molar-refractivity contribution in [2.45, 2.75) is 13.8 Å². The Morgan fingerprint density at radius 3 is 2.67 bits per heavy atom. The Morgan fingerprint density at radius 1 is 1.30 bits per heavy atom. The number of ether oxygens (including phenoxy) is 2. The maximum atomic E-state index is 11.8. The van der Waals surface area contributed by atoms with Gasteiger partial charge in [-0.05, 0) is 49.2 Å². The lowest BCUT2D eigenvalue weighted by Gasteiger charge is -2.07. The Labute approximate surface area is 155 Å². The lowest BCUT2D eigenvalue weighted by molar-refractivity contribution is -0.386. The number of aryl methyl sites for hydroxylation is 2. The molecule has 0 atom stereocenters. The predicted octanol–water partition coefficient (Wildman–Crippen LogP) is 2.45. The zero-order valence-electron chi connectivity index (χ0n) is 15.1. The summed E-state index contributed by atoms with van der Waals surface area (Å²) in [6.45, 7) is 3.64. The van der Waals surface area contributed by atoms with Gasteiger partial charge >= 0.3 is 5.69 Å². The van der Waals surface area contributed by atoms with E-state index < -0.39 is 16.5 Å². The van der Waals surface area contributed by atoms with Gasteiger partial charge in [0.05, 0.1) is 23.8 Å². The molecule has 0 unspecified atom stereocenters. The van der Waals surface area contributed by atoms with E-state index in [2.05, 4.69) is 10.5 Å². The van der Waals surface area contributed by atoms with Crippen LogP contribution in [0.15, 0.2) is 35.4 Å². The van der Waals surface area contributed by atoms with Crippen LogP contribution in [0.3, 0.4) is 0 Å². The van der Waals surface area contributed by atoms with Gasteiger partial charge in [-0.15, -0.1) is 0 Å². The van der Waals surface area contributed by atoms with Crippen molar-refractivity contribution in [3.8, 4) is 17.2 Å². The molecule has 1 amide bonds. The fraction of sp³-hybridized carbons (Fsp3) is 0.222. The zero-order chi connectivity index (χ0) is 20.0. The average molecular weight is 373 g/mol. The number of amides is 1. The minimum atomic E-state index is -0.704. The molecule has 2 rings (SSSR count). The number of hydrogen-bond donors (Lipinski definition) is 2. The Hall–Kier alpha value is -3.62. The second-order valence-electron chi connectivity index (χ2n) is 5.64. The van der Waals surface area contributed by atoms with E-state index in [1.807, 2.05) is 26.0 Å². The molecule has 0 heterocycles. The summed E-state index contributed by atoms with van der Waals surface area (Å²) in [4.78, 5) is 22.3. The monoisotopic (exact) mass is 373 g/mol. The Bertz CT molecular complexity index is 895. The summed E-state index contributed by atoms with van der Waals surface area (Å²) >= 11 is 0. The van der Waals surface area contributed by atoms with E-state index in [4.69, 9.17) is 9.47 Å². The minimum Gasteiger partial charge on any atom is -0.504 e. The van der Waals surface area contributed by atoms with Gasteiger partial charge < -0.3 is 14.6 Å². The highest BCUT2D eigenvalue weighted by molar-refractivity contribution is 5.89. The molecule has 0 aliphatic carbocycles. The molecule has 0 radical (unpaired) electrons. The third-order valence-electron chi connectivity index (χ3n) is 3.77. The molecule has 0 aliphatic rings. The number of hydrazone groups is 1. The normalized spacial score (nSPS) is 10.6. The number of rotatable bonds is 7. The van der Waals surface area contributed by atoms with Crippen molar-refractivity contribution in [2.75, 3.05) is 13.7 Å². The SMILES string of the molecule is COc1c(O)ccc(/C=N\NC(=O)COc2ccc(C)c(C)c2)c1[N+](=O)[O-]. The lowest BCUT2D eigenvalue weighted by Crippen LogP contribution is -2.24. The fourth-order valence-electron chi connectivity index (χ4n) is 2.23. The van der Waals surface area contributed by atoms with Crippen molar-refractivity contribution >= 4 is 17.8 Å². The molecule has 2 N–H and O–H groups in total. The highest BCUT2D eigenvalue weighted by Crippen LogP contribution is 2.37. The fourth-order valence-corrected chi connectivity index (χ4v) is 2.23. The number of hydrogen-bond acceptors (Lipinski definition) is 7. The Kier molecular flexibility index (Phi) is 6.32. The zero-order valence-corrected chi connectivity index (χ0v) is 15.1. The molecule has 0 aliphatic heterocycles. The number of phenols is 1. The van der Waals surface area contributed by atoms with E-state index in [0.717, 1.165) is 17.3 Å². The van der Waals surface area contributed by atoms with Crippen molar-refractivity contribution in [1.29, 1.82) is 0 Å². The standard InChI is InChI=1S/C18H19N3O6/c1-11-4-6-14(8-12(11)2)27-10-16(23)20-19-9-13-5-7-15(22)18(26-3)17(13)21(24)25/h4-9,22H,10H2,1-3H3,(H,20,23)/b19-9-. The summed E-state index contributed by atoms with van der Waals surface area (Å²) in [6.07, 6.45) is 1.09. The van der Waals surface area contributed by atoms with Gasteiger partial charge in [0, 0.05) is 0 Å². The molecule has 2 aromatic carbocycles. The second-order valence-corrected chi connectivity index (χ2v) is 5.64. The number of aromatic hydroxyl groups is 1. The summed E-state index contributed by atoms with van der Waals surface area (Å²) in [7, 11) is 1.20. The highest BCUT2D eigenvalue weighted by Gasteiger charge is 2.23. The molecule has 0 saturated heterocycles. The van der Waals surface area contributed by atoms with Crippen LogP contribution in [0.4, 0.5) is 5.69 Å². The van der Waals surface area contributed by atoms with Gasteiger partial charge in [-0.1, -0.05) is 6.07 Å². The van der Waals surface area contributed by atoms with Crippen LogP contribution in [0.25, 0.3) is 0 Å². The molecular formula is C18H19N3O6. The first kappa shape index (κ1) is 19.7. The molecule has 0 fully saturated rings. The summed E-state index contributed by atoms with van der Waals surface area (Å²) in [5.74, 6) is -0.630. The van der Waals surface area contributed by atoms with E-state index in [-0.39, 0.29) is 23.7 Å². The molecule has 0 bridgehead atoms. The number of nitro benzene ring substituents is 1. The van der Waals surface area contributed by atoms with Crippen LogP contribution in [-0.2, 0) is 4.79 Å². The first-order chi connectivity index (χ1) is 12.8. The molecule has 142 valence electrons. The van der Waals surface area contributed by atoms with Crippen molar-refractivity contribution in [1.82, 2.24) is 5.43 Å². The maximum Gasteiger partial charge on any atom is 0.323 e. The number of carbonyl (C=O) groups excluding carboxylic acids is 1. The van der Waals surface area contributed by atoms with Crippen molar-refractivity contribution in [3.63, 3.8) is 0 Å². The minimum absolute atomic E-state index is 0.0602. The summed E-state index contributed by atoms with van der Waals surface area (Å²) in [5.41, 5.74) is 3.98. The van der Waals surface area contributed by atoms with Crippen LogP contribution in [0.5, 0.6) is 17.2 Å². The maximum absolute atomic E-state index is 11.8. The summed E-state index contributed by atoms with van der Waals surface area (Å²) in [5, 5.41) is 24.5. The first-order valence-corrected chi connectivity index (χ1v) is 7.89. The first-order valence-electron chi connectivity index (χ1n) is 7.89. The molecule has 2 aromatic rings. The number of nitro groups is 1. The van der Waals surface area contributed by atoms with E-state index in [0.29, 0.717) is 5.75 Å². The largest absolute Gasteiger partial charge is 0.504 e. The van der Waals surface area contributed by atoms with Gasteiger partial charge in [0.1, 0.15) is 5.75 Å². The van der Waals surface area contributed by atoms with Gasteiger partial charge in [-0.25, -0.2) is 5.43 Å². The smallest absolute Gasteiger partial charge is 0.323 e. The summed E-state index contributed by atoms with van der Waals surface area (Å²) < 4.78 is 10.2. The van der Waals surface area contributed by atoms with E-state index in [1.54, 1.807) is 6.07 Å². The van der Waals surface area contributed by atoms with E-state index in [9.17, 15) is 20.0 Å². The molecular weight excluding hydrogens is 354 g/mol. The van der Waals surface area contributed by atoms with Gasteiger partial charge in [-0.3, -0.25) is 14.9 Å². The van der Waals surface area contributed by atoms with Gasteiger partial charge in [0.2, 0.25) is 5.75 Å². The predicted molar refractivity (Wildman–Crippen MR) is 98.5 cm³/mol. The van der Waals surface area contributed by atoms with Gasteiger partial charge in [0.25, 0.3) is 5.91 Å². The number of benzene rings is 2. The lowest BCUT2D eigenvalue weighted by atomic mass is 10.1. The molecule has 0 aromatic heterocycles. The van der Waals surface area contributed by atoms with E-state index >= 15 is 0 Å². The van der Waals surface area contributed by atoms with Crippen LogP contribution in [0, 0.1) is 24.0 Å². The quantitative estimate of drug-likeness (QED) is 0.436. The number of phenolic OH excluding ortho intramolecular Hbond substituents is 1. The number of carbonyl (C=O) groups is 1. The number of methoxy groups -OCH3 is 1. The third-order valence-corrected chi connectivity index (χ3v) is 3.77. The van der Waals surface area contributed by atoms with Crippen LogP contribution < -0.4 is 14.9 Å². The molecule has 0 saturated carbocycles. The van der Waals surface area contributed by atoms with Crippen molar-refractivity contribution in [3.05, 3.63) is 57.1 Å². The van der Waals surface area contributed by atoms with Crippen LogP contribution in [0.2, 0.25) is 0 Å². The molecule has 27 heavy (non-hydrogen) atoms. The summed E-state index contributed by atoms with van der Waals surface area (Å²) in [6, 6.07) is 7.98. The average Bonchev–Trinajstić information content (AvgIpc) is 2.63. The van der Waals surface area contributed by atoms with Gasteiger partial charge in [-0.2, -0.15) is 5.10 Å². The van der Waals surface area contributed by atoms with Crippen LogP contribution >= 0.6 is 0 Å². The molecule has 9 heteroatoms. The third kappa shape index (κ3) is 4.94. The van der Waals surface area contributed by atoms with Crippen molar-refractivity contribution < 1.29 is 24.3 Å². The van der Waals surface area contributed by atoms with Crippen molar-refractivity contribution in [2.24, 2.45) is 5.10 Å². The van der Waals surface area contributed by atoms with Gasteiger partial charge in [0.15, 0.2) is 12.4 Å². The topological polar surface area (TPSA) is 123 Å². The van der Waals surface area contributed by atoms with Crippen LogP contribution in [-0.4, -0.2) is 35.9 Å².